The predicted octanol–water partition coefficient (Wildman–Crippen LogP) is 4.01. The summed E-state index contributed by atoms with van der Waals surface area (Å²) in [6.45, 7) is 0. The van der Waals surface area contributed by atoms with Crippen LogP contribution < -0.4 is 11.1 Å². The number of amides is 1. The monoisotopic (exact) mass is 440 g/mol. The number of nitrogens with zero attached hydrogens (tertiary/aromatic N) is 2. The number of anilines is 1. The van der Waals surface area contributed by atoms with Crippen molar-refractivity contribution in [2.75, 3.05) is 5.32 Å². The quantitative estimate of drug-likeness (QED) is 0.226. The molecule has 1 amide bonds. The summed E-state index contributed by atoms with van der Waals surface area (Å²) in [5.74, 6) is -0.243. The Kier molecular flexibility index (Phi) is 8.19. The molecule has 0 saturated carbocycles. The van der Waals surface area contributed by atoms with Gasteiger partial charge < -0.3 is 15.8 Å². The fourth-order valence-corrected chi connectivity index (χ4v) is 3.11. The van der Waals surface area contributed by atoms with E-state index in [1.807, 2.05) is 36.4 Å². The van der Waals surface area contributed by atoms with E-state index in [1.165, 1.54) is 12.3 Å². The van der Waals surface area contributed by atoms with E-state index in [2.05, 4.69) is 15.3 Å². The number of benzene rings is 1. The maximum absolute atomic E-state index is 12.4. The first-order valence-corrected chi connectivity index (χ1v) is 10.2. The Morgan fingerprint density at radius 3 is 2.64 bits per heavy atom. The molecule has 0 aliphatic heterocycles. The first kappa shape index (κ1) is 23.1. The Hall–Kier alpha value is -4.59. The van der Waals surface area contributed by atoms with Gasteiger partial charge in [0.1, 0.15) is 0 Å². The lowest BCUT2D eigenvalue weighted by Gasteiger charge is -2.09. The van der Waals surface area contributed by atoms with Gasteiger partial charge in [-0.3, -0.25) is 25.6 Å². The number of hydrogen-bond donors (Lipinski definition) is 4. The molecular weight excluding hydrogens is 416 g/mol. The molecule has 3 rings (SSSR count). The van der Waals surface area contributed by atoms with Crippen LogP contribution in [0.25, 0.3) is 11.6 Å². The molecule has 0 aliphatic carbocycles. The average Bonchev–Trinajstić information content (AvgIpc) is 2.84. The minimum absolute atomic E-state index is 0.0398. The summed E-state index contributed by atoms with van der Waals surface area (Å²) in [6, 6.07) is 14.8. The van der Waals surface area contributed by atoms with Crippen LogP contribution >= 0.6 is 0 Å². The molecule has 0 bridgehead atoms. The third-order valence-corrected chi connectivity index (χ3v) is 4.73. The molecule has 0 atom stereocenters. The minimum atomic E-state index is -0.283. The van der Waals surface area contributed by atoms with Crippen molar-refractivity contribution < 1.29 is 9.53 Å². The summed E-state index contributed by atoms with van der Waals surface area (Å²) in [4.78, 5) is 21.0. The zero-order valence-electron chi connectivity index (χ0n) is 17.9. The molecule has 0 fully saturated rings. The second-order valence-corrected chi connectivity index (χ2v) is 6.94. The molecule has 166 valence electrons. The Morgan fingerprint density at radius 2 is 1.94 bits per heavy atom. The third-order valence-electron chi connectivity index (χ3n) is 4.73. The summed E-state index contributed by atoms with van der Waals surface area (Å²) in [5.41, 5.74) is 10.5. The van der Waals surface area contributed by atoms with Crippen molar-refractivity contribution in [1.82, 2.24) is 9.97 Å². The van der Waals surface area contributed by atoms with Gasteiger partial charge in [0, 0.05) is 54.1 Å². The first-order valence-electron chi connectivity index (χ1n) is 10.2. The van der Waals surface area contributed by atoms with Crippen LogP contribution in [0.4, 0.5) is 5.69 Å². The molecule has 0 spiro atoms. The molecule has 0 saturated heterocycles. The molecule has 0 aliphatic rings. The van der Waals surface area contributed by atoms with Gasteiger partial charge in [0.15, 0.2) is 12.3 Å². The predicted molar refractivity (Wildman–Crippen MR) is 130 cm³/mol. The molecule has 2 aromatic heterocycles. The molecule has 3 aromatic rings. The molecule has 2 heterocycles. The second kappa shape index (κ2) is 11.7. The van der Waals surface area contributed by atoms with E-state index in [4.69, 9.17) is 21.3 Å². The standard InChI is InChI=1S/C25H24N6O2/c26-15-22(23-3-1-2-13-30-23)21-12-14-29-16-19(21)7-11-25(32)31-20-8-4-18(5-9-20)6-10-24(28)33-17-27/h1-5,7-9,11-17,27-28H,6,10,26H2,(H,31,32)/b11-7+,22-15?,27-17?,28-24?. The van der Waals surface area contributed by atoms with Gasteiger partial charge in [0.25, 0.3) is 0 Å². The Bertz CT molecular complexity index is 1170. The van der Waals surface area contributed by atoms with Crippen LogP contribution in [0.5, 0.6) is 0 Å². The van der Waals surface area contributed by atoms with Crippen LogP contribution in [0.1, 0.15) is 28.8 Å². The lowest BCUT2D eigenvalue weighted by Crippen LogP contribution is -2.08. The van der Waals surface area contributed by atoms with Gasteiger partial charge in [-0.05, 0) is 54.0 Å². The number of carbonyl (C=O) groups excluding carboxylic acids is 1. The molecule has 8 nitrogen and oxygen atoms in total. The van der Waals surface area contributed by atoms with E-state index in [0.29, 0.717) is 18.5 Å². The highest BCUT2D eigenvalue weighted by molar-refractivity contribution is 6.02. The van der Waals surface area contributed by atoms with Crippen molar-refractivity contribution >= 4 is 35.5 Å². The van der Waals surface area contributed by atoms with E-state index >= 15 is 0 Å². The van der Waals surface area contributed by atoms with E-state index in [0.717, 1.165) is 34.4 Å². The number of nitrogens with two attached hydrogens (primary N) is 1. The van der Waals surface area contributed by atoms with E-state index < -0.39 is 0 Å². The normalized spacial score (nSPS) is 11.2. The molecule has 5 N–H and O–H groups in total. The van der Waals surface area contributed by atoms with Crippen molar-refractivity contribution in [3.05, 3.63) is 102 Å². The molecule has 0 unspecified atom stereocenters. The van der Waals surface area contributed by atoms with Gasteiger partial charge in [-0.2, -0.15) is 0 Å². The van der Waals surface area contributed by atoms with Crippen molar-refractivity contribution in [1.29, 1.82) is 10.8 Å². The van der Waals surface area contributed by atoms with Crippen LogP contribution in [0, 0.1) is 10.8 Å². The number of ether oxygens (including phenoxy) is 1. The zero-order chi connectivity index (χ0) is 23.5. The number of nitrogens with one attached hydrogen (secondary N) is 3. The summed E-state index contributed by atoms with van der Waals surface area (Å²) in [5, 5.41) is 17.2. The van der Waals surface area contributed by atoms with Crippen LogP contribution in [-0.4, -0.2) is 28.2 Å². The lowest BCUT2D eigenvalue weighted by atomic mass is 9.99. The fraction of sp³-hybridized carbons (Fsp3) is 0.0800. The molecule has 1 aromatic carbocycles. The summed E-state index contributed by atoms with van der Waals surface area (Å²) < 4.78 is 4.70. The average molecular weight is 441 g/mol. The van der Waals surface area contributed by atoms with Crippen LogP contribution in [-0.2, 0) is 16.0 Å². The topological polar surface area (TPSA) is 138 Å². The van der Waals surface area contributed by atoms with Gasteiger partial charge in [-0.15, -0.1) is 0 Å². The van der Waals surface area contributed by atoms with E-state index in [1.54, 1.807) is 36.8 Å². The summed E-state index contributed by atoms with van der Waals surface area (Å²) in [6.07, 6.45) is 11.4. The van der Waals surface area contributed by atoms with Gasteiger partial charge in [-0.1, -0.05) is 18.2 Å². The second-order valence-electron chi connectivity index (χ2n) is 6.94. The molecule has 0 radical (unpaired) electrons. The van der Waals surface area contributed by atoms with Gasteiger partial charge in [0.2, 0.25) is 5.91 Å². The van der Waals surface area contributed by atoms with Crippen LogP contribution in [0.2, 0.25) is 0 Å². The Labute approximate surface area is 191 Å². The maximum atomic E-state index is 12.4. The smallest absolute Gasteiger partial charge is 0.248 e. The minimum Gasteiger partial charge on any atom is -0.433 e. The molecular formula is C25H24N6O2. The highest BCUT2D eigenvalue weighted by Gasteiger charge is 2.10. The number of aryl methyl sites for hydroxylation is 1. The van der Waals surface area contributed by atoms with Crippen molar-refractivity contribution in [3.63, 3.8) is 0 Å². The van der Waals surface area contributed by atoms with Crippen molar-refractivity contribution in [2.24, 2.45) is 5.73 Å². The number of aromatic nitrogens is 2. The maximum Gasteiger partial charge on any atom is 0.248 e. The number of hydrogen-bond acceptors (Lipinski definition) is 7. The molecule has 33 heavy (non-hydrogen) atoms. The molecule has 8 heteroatoms. The highest BCUT2D eigenvalue weighted by Crippen LogP contribution is 2.24. The number of pyridine rings is 2. The third kappa shape index (κ3) is 6.70. The van der Waals surface area contributed by atoms with Crippen LogP contribution in [0.3, 0.4) is 0 Å². The van der Waals surface area contributed by atoms with Gasteiger partial charge in [-0.25, -0.2) is 0 Å². The fourth-order valence-electron chi connectivity index (χ4n) is 3.11. The van der Waals surface area contributed by atoms with Gasteiger partial charge >= 0.3 is 0 Å². The first-order chi connectivity index (χ1) is 16.1. The van der Waals surface area contributed by atoms with E-state index in [9.17, 15) is 4.79 Å². The summed E-state index contributed by atoms with van der Waals surface area (Å²) >= 11 is 0. The zero-order valence-corrected chi connectivity index (χ0v) is 17.9. The van der Waals surface area contributed by atoms with Crippen molar-refractivity contribution in [3.8, 4) is 0 Å². The van der Waals surface area contributed by atoms with Crippen molar-refractivity contribution in [2.45, 2.75) is 12.8 Å². The highest BCUT2D eigenvalue weighted by atomic mass is 16.5. The largest absolute Gasteiger partial charge is 0.433 e. The Balaban J connectivity index is 1.66. The Morgan fingerprint density at radius 1 is 1.12 bits per heavy atom. The van der Waals surface area contributed by atoms with Gasteiger partial charge in [0.05, 0.1) is 5.69 Å². The summed E-state index contributed by atoms with van der Waals surface area (Å²) in [7, 11) is 0. The SMILES string of the molecule is N=COC(=N)CCc1ccc(NC(=O)/C=C/c2cnccc2C(=CN)c2ccccn2)cc1. The van der Waals surface area contributed by atoms with Crippen LogP contribution in [0.15, 0.2) is 79.4 Å². The number of carbonyl (C=O) groups is 1. The number of rotatable bonds is 9. The van der Waals surface area contributed by atoms with E-state index in [-0.39, 0.29) is 11.8 Å². The lowest BCUT2D eigenvalue weighted by molar-refractivity contribution is -0.111.